The van der Waals surface area contributed by atoms with Gasteiger partial charge in [0, 0.05) is 4.83 Å². The standard InChI is InChI=1S/C15H20BrF/c1-9-8-10(6-7-11(9)17)12(16)13-14(2,3)15(13,4)5/h6-8,12-13H,1-5H3. The molecule has 0 saturated heterocycles. The molecule has 94 valence electrons. The van der Waals surface area contributed by atoms with Crippen molar-refractivity contribution in [3.63, 3.8) is 0 Å². The molecule has 0 aliphatic heterocycles. The fourth-order valence-electron chi connectivity index (χ4n) is 3.01. The van der Waals surface area contributed by atoms with E-state index in [9.17, 15) is 4.39 Å². The molecule has 1 aromatic rings. The van der Waals surface area contributed by atoms with Gasteiger partial charge in [0.05, 0.1) is 0 Å². The van der Waals surface area contributed by atoms with E-state index in [-0.39, 0.29) is 5.82 Å². The summed E-state index contributed by atoms with van der Waals surface area (Å²) in [5.74, 6) is 0.475. The van der Waals surface area contributed by atoms with E-state index in [0.717, 1.165) is 5.56 Å². The zero-order valence-corrected chi connectivity index (χ0v) is 12.7. The molecule has 2 heteroatoms. The van der Waals surface area contributed by atoms with Crippen molar-refractivity contribution in [3.8, 4) is 0 Å². The lowest BCUT2D eigenvalue weighted by Gasteiger charge is -2.13. The van der Waals surface area contributed by atoms with Crippen LogP contribution in [0.4, 0.5) is 4.39 Å². The molecule has 1 atom stereocenters. The van der Waals surface area contributed by atoms with Crippen molar-refractivity contribution >= 4 is 15.9 Å². The smallest absolute Gasteiger partial charge is 0.126 e. The first kappa shape index (κ1) is 13.1. The first-order valence-electron chi connectivity index (χ1n) is 6.09. The molecule has 0 spiro atoms. The topological polar surface area (TPSA) is 0 Å². The molecule has 0 radical (unpaired) electrons. The Hall–Kier alpha value is -0.370. The Kier molecular flexibility index (Phi) is 2.93. The first-order valence-corrected chi connectivity index (χ1v) is 7.01. The van der Waals surface area contributed by atoms with Crippen LogP contribution in [0.1, 0.15) is 43.6 Å². The van der Waals surface area contributed by atoms with Gasteiger partial charge in [0.1, 0.15) is 5.82 Å². The van der Waals surface area contributed by atoms with Crippen molar-refractivity contribution in [2.45, 2.75) is 39.4 Å². The minimum Gasteiger partial charge on any atom is -0.207 e. The van der Waals surface area contributed by atoms with Gasteiger partial charge in [0.2, 0.25) is 0 Å². The Morgan fingerprint density at radius 2 is 1.71 bits per heavy atom. The molecule has 1 aliphatic rings. The van der Waals surface area contributed by atoms with Gasteiger partial charge in [-0.1, -0.05) is 55.8 Å². The van der Waals surface area contributed by atoms with E-state index >= 15 is 0 Å². The van der Waals surface area contributed by atoms with Crippen molar-refractivity contribution in [1.29, 1.82) is 0 Å². The van der Waals surface area contributed by atoms with Crippen molar-refractivity contribution in [3.05, 3.63) is 35.1 Å². The second kappa shape index (κ2) is 3.81. The van der Waals surface area contributed by atoms with Gasteiger partial charge in [-0.05, 0) is 40.9 Å². The lowest BCUT2D eigenvalue weighted by molar-refractivity contribution is 0.457. The molecule has 1 aliphatic carbocycles. The number of hydrogen-bond donors (Lipinski definition) is 0. The summed E-state index contributed by atoms with van der Waals surface area (Å²) >= 11 is 3.80. The van der Waals surface area contributed by atoms with Crippen LogP contribution >= 0.6 is 15.9 Å². The lowest BCUT2D eigenvalue weighted by Crippen LogP contribution is -2.00. The van der Waals surface area contributed by atoms with E-state index in [1.165, 1.54) is 5.56 Å². The number of halogens is 2. The maximum absolute atomic E-state index is 13.3. The molecular weight excluding hydrogens is 279 g/mol. The highest BCUT2D eigenvalue weighted by Crippen LogP contribution is 2.73. The van der Waals surface area contributed by atoms with Gasteiger partial charge in [0.25, 0.3) is 0 Å². The second-order valence-electron chi connectivity index (χ2n) is 6.33. The number of aryl methyl sites for hydroxylation is 1. The van der Waals surface area contributed by atoms with Crippen LogP contribution < -0.4 is 0 Å². The maximum atomic E-state index is 13.3. The number of benzene rings is 1. The van der Waals surface area contributed by atoms with Crippen LogP contribution in [-0.2, 0) is 0 Å². The zero-order valence-electron chi connectivity index (χ0n) is 11.1. The molecule has 1 unspecified atom stereocenters. The van der Waals surface area contributed by atoms with E-state index in [1.54, 1.807) is 6.07 Å². The first-order chi connectivity index (χ1) is 7.69. The fraction of sp³-hybridized carbons (Fsp3) is 0.600. The third-order valence-electron chi connectivity index (χ3n) is 4.93. The van der Waals surface area contributed by atoms with E-state index in [1.807, 2.05) is 19.1 Å². The zero-order chi connectivity index (χ0) is 13.0. The molecule has 1 fully saturated rings. The molecule has 1 saturated carbocycles. The predicted octanol–water partition coefficient (Wildman–Crippen LogP) is 5.25. The Bertz CT molecular complexity index is 434. The molecule has 17 heavy (non-hydrogen) atoms. The largest absolute Gasteiger partial charge is 0.207 e. The predicted molar refractivity (Wildman–Crippen MR) is 73.9 cm³/mol. The summed E-state index contributed by atoms with van der Waals surface area (Å²) in [6.45, 7) is 11.1. The lowest BCUT2D eigenvalue weighted by atomic mass is 10.0. The van der Waals surface area contributed by atoms with Gasteiger partial charge in [-0.2, -0.15) is 0 Å². The molecule has 0 nitrogen and oxygen atoms in total. The van der Waals surface area contributed by atoms with E-state index in [4.69, 9.17) is 0 Å². The summed E-state index contributed by atoms with van der Waals surface area (Å²) in [6, 6.07) is 5.42. The van der Waals surface area contributed by atoms with Crippen LogP contribution in [-0.4, -0.2) is 0 Å². The summed E-state index contributed by atoms with van der Waals surface area (Å²) in [5.41, 5.74) is 2.59. The number of alkyl halides is 1. The van der Waals surface area contributed by atoms with Crippen LogP contribution in [0, 0.1) is 29.5 Å². The third kappa shape index (κ3) is 1.85. The van der Waals surface area contributed by atoms with Crippen molar-refractivity contribution in [2.24, 2.45) is 16.7 Å². The molecule has 2 rings (SSSR count). The Labute approximate surface area is 112 Å². The maximum Gasteiger partial charge on any atom is 0.126 e. The van der Waals surface area contributed by atoms with Crippen molar-refractivity contribution < 1.29 is 4.39 Å². The molecular formula is C15H20BrF. The summed E-state index contributed by atoms with van der Waals surface area (Å²) in [7, 11) is 0. The van der Waals surface area contributed by atoms with Gasteiger partial charge in [-0.3, -0.25) is 0 Å². The number of hydrogen-bond acceptors (Lipinski definition) is 0. The molecule has 0 heterocycles. The SMILES string of the molecule is Cc1cc(C(Br)C2C(C)(C)C2(C)C)ccc1F. The summed E-state index contributed by atoms with van der Waals surface area (Å²) in [6.07, 6.45) is 0. The van der Waals surface area contributed by atoms with E-state index in [2.05, 4.69) is 43.6 Å². The highest BCUT2D eigenvalue weighted by molar-refractivity contribution is 9.09. The van der Waals surface area contributed by atoms with E-state index < -0.39 is 0 Å². The summed E-state index contributed by atoms with van der Waals surface area (Å²) in [4.78, 5) is 0.312. The van der Waals surface area contributed by atoms with Crippen molar-refractivity contribution in [2.75, 3.05) is 0 Å². The third-order valence-corrected chi connectivity index (χ3v) is 5.98. The Balaban J connectivity index is 2.28. The highest BCUT2D eigenvalue weighted by atomic mass is 79.9. The average Bonchev–Trinajstić information content (AvgIpc) is 2.61. The van der Waals surface area contributed by atoms with Crippen LogP contribution in [0.5, 0.6) is 0 Å². The van der Waals surface area contributed by atoms with Gasteiger partial charge in [0.15, 0.2) is 0 Å². The molecule has 0 bridgehead atoms. The molecule has 0 N–H and O–H groups in total. The fourth-order valence-corrected chi connectivity index (χ4v) is 4.62. The van der Waals surface area contributed by atoms with Crippen LogP contribution in [0.15, 0.2) is 18.2 Å². The minimum absolute atomic E-state index is 0.122. The van der Waals surface area contributed by atoms with Gasteiger partial charge in [-0.15, -0.1) is 0 Å². The molecule has 1 aromatic carbocycles. The Morgan fingerprint density at radius 3 is 2.12 bits per heavy atom. The minimum atomic E-state index is -0.122. The van der Waals surface area contributed by atoms with Crippen LogP contribution in [0.2, 0.25) is 0 Å². The molecule has 0 amide bonds. The quantitative estimate of drug-likeness (QED) is 0.654. The number of rotatable bonds is 2. The van der Waals surface area contributed by atoms with Crippen LogP contribution in [0.25, 0.3) is 0 Å². The Morgan fingerprint density at radius 1 is 1.18 bits per heavy atom. The van der Waals surface area contributed by atoms with E-state index in [0.29, 0.717) is 21.6 Å². The monoisotopic (exact) mass is 298 g/mol. The molecule has 0 aromatic heterocycles. The summed E-state index contributed by atoms with van der Waals surface area (Å²) in [5, 5.41) is 0. The second-order valence-corrected chi connectivity index (χ2v) is 7.32. The van der Waals surface area contributed by atoms with Crippen molar-refractivity contribution in [1.82, 2.24) is 0 Å². The average molecular weight is 299 g/mol. The summed E-state index contributed by atoms with van der Waals surface area (Å²) < 4.78 is 13.3. The van der Waals surface area contributed by atoms with Gasteiger partial charge >= 0.3 is 0 Å². The highest BCUT2D eigenvalue weighted by Gasteiger charge is 2.66. The van der Waals surface area contributed by atoms with Gasteiger partial charge < -0.3 is 0 Å². The van der Waals surface area contributed by atoms with Crippen LogP contribution in [0.3, 0.4) is 0 Å². The normalized spacial score (nSPS) is 23.5. The van der Waals surface area contributed by atoms with Gasteiger partial charge in [-0.25, -0.2) is 4.39 Å².